The summed E-state index contributed by atoms with van der Waals surface area (Å²) in [6.07, 6.45) is 1.71. The zero-order valence-electron chi connectivity index (χ0n) is 10.3. The first kappa shape index (κ1) is 10.8. The van der Waals surface area contributed by atoms with Crippen molar-refractivity contribution in [2.75, 3.05) is 19.0 Å². The van der Waals surface area contributed by atoms with Crippen LogP contribution in [0.4, 0.5) is 5.69 Å². The van der Waals surface area contributed by atoms with Crippen molar-refractivity contribution in [3.05, 3.63) is 42.6 Å². The molecule has 3 aromatic rings. The molecule has 2 aromatic heterocycles. The highest BCUT2D eigenvalue weighted by Crippen LogP contribution is 2.25. The Balaban J connectivity index is 2.11. The van der Waals surface area contributed by atoms with Gasteiger partial charge >= 0.3 is 0 Å². The smallest absolute Gasteiger partial charge is 0.228 e. The molecule has 0 aliphatic carbocycles. The van der Waals surface area contributed by atoms with Crippen molar-refractivity contribution in [1.29, 1.82) is 0 Å². The molecule has 0 spiro atoms. The second-order valence-electron chi connectivity index (χ2n) is 4.29. The van der Waals surface area contributed by atoms with Gasteiger partial charge in [-0.25, -0.2) is 4.98 Å². The van der Waals surface area contributed by atoms with Gasteiger partial charge < -0.3 is 9.32 Å². The van der Waals surface area contributed by atoms with Gasteiger partial charge in [0.15, 0.2) is 11.2 Å². The summed E-state index contributed by atoms with van der Waals surface area (Å²) in [5.41, 5.74) is 3.42. The molecule has 0 N–H and O–H groups in total. The fourth-order valence-corrected chi connectivity index (χ4v) is 1.81. The van der Waals surface area contributed by atoms with Gasteiger partial charge in [-0.3, -0.25) is 0 Å². The number of rotatable bonds is 2. The maximum atomic E-state index is 5.70. The van der Waals surface area contributed by atoms with E-state index in [9.17, 15) is 0 Å². The number of hydrogen-bond donors (Lipinski definition) is 0. The topological polar surface area (TPSA) is 42.2 Å². The molecule has 0 aliphatic rings. The van der Waals surface area contributed by atoms with Gasteiger partial charge in [0, 0.05) is 31.5 Å². The van der Waals surface area contributed by atoms with Crippen LogP contribution < -0.4 is 4.90 Å². The fourth-order valence-electron chi connectivity index (χ4n) is 1.81. The summed E-state index contributed by atoms with van der Waals surface area (Å²) < 4.78 is 5.70. The number of oxazole rings is 1. The summed E-state index contributed by atoms with van der Waals surface area (Å²) in [7, 11) is 4.01. The molecule has 0 aliphatic heterocycles. The van der Waals surface area contributed by atoms with E-state index in [2.05, 4.69) is 9.97 Å². The Kier molecular flexibility index (Phi) is 2.48. The molecular weight excluding hydrogens is 226 g/mol. The molecule has 0 bridgehead atoms. The highest BCUT2D eigenvalue weighted by atomic mass is 16.3. The highest BCUT2D eigenvalue weighted by Gasteiger charge is 2.09. The van der Waals surface area contributed by atoms with Crippen LogP contribution in [0.3, 0.4) is 0 Å². The first-order chi connectivity index (χ1) is 8.74. The van der Waals surface area contributed by atoms with Gasteiger partial charge in [0.05, 0.1) is 0 Å². The van der Waals surface area contributed by atoms with Crippen molar-refractivity contribution in [1.82, 2.24) is 9.97 Å². The van der Waals surface area contributed by atoms with Crippen molar-refractivity contribution in [3.63, 3.8) is 0 Å². The minimum atomic E-state index is 0.604. The Bertz CT molecular complexity index is 655. The Morgan fingerprint density at radius 3 is 2.78 bits per heavy atom. The maximum Gasteiger partial charge on any atom is 0.228 e. The summed E-state index contributed by atoms with van der Waals surface area (Å²) in [6.45, 7) is 0. The fraction of sp³-hybridized carbons (Fsp3) is 0.143. The summed E-state index contributed by atoms with van der Waals surface area (Å²) >= 11 is 0. The van der Waals surface area contributed by atoms with E-state index in [0.717, 1.165) is 11.3 Å². The molecule has 0 amide bonds. The molecule has 0 fully saturated rings. The van der Waals surface area contributed by atoms with Crippen LogP contribution >= 0.6 is 0 Å². The first-order valence-corrected chi connectivity index (χ1v) is 5.73. The van der Waals surface area contributed by atoms with E-state index in [1.807, 2.05) is 55.4 Å². The van der Waals surface area contributed by atoms with Gasteiger partial charge in [0.25, 0.3) is 0 Å². The van der Waals surface area contributed by atoms with E-state index in [-0.39, 0.29) is 0 Å². The van der Waals surface area contributed by atoms with Crippen molar-refractivity contribution in [2.24, 2.45) is 0 Å². The van der Waals surface area contributed by atoms with Crippen molar-refractivity contribution in [3.8, 4) is 11.5 Å². The summed E-state index contributed by atoms with van der Waals surface area (Å²) in [6, 6.07) is 11.8. The molecule has 4 nitrogen and oxygen atoms in total. The molecule has 4 heteroatoms. The molecule has 2 heterocycles. The van der Waals surface area contributed by atoms with Gasteiger partial charge in [-0.1, -0.05) is 6.07 Å². The Morgan fingerprint density at radius 1 is 1.11 bits per heavy atom. The van der Waals surface area contributed by atoms with Crippen LogP contribution in [-0.4, -0.2) is 24.1 Å². The number of anilines is 1. The molecule has 0 unspecified atom stereocenters. The van der Waals surface area contributed by atoms with Gasteiger partial charge in [0.1, 0.15) is 0 Å². The second kappa shape index (κ2) is 4.14. The maximum absolute atomic E-state index is 5.70. The lowest BCUT2D eigenvalue weighted by Gasteiger charge is -2.12. The number of nitrogens with zero attached hydrogens (tertiary/aromatic N) is 3. The summed E-state index contributed by atoms with van der Waals surface area (Å²) in [5.74, 6) is 0.604. The van der Waals surface area contributed by atoms with Crippen molar-refractivity contribution in [2.45, 2.75) is 0 Å². The SMILES string of the molecule is CN(C)c1cccc(-c2nc3ncccc3o2)c1. The molecule has 0 atom stereocenters. The number of aromatic nitrogens is 2. The van der Waals surface area contributed by atoms with Crippen LogP contribution in [-0.2, 0) is 0 Å². The lowest BCUT2D eigenvalue weighted by atomic mass is 10.2. The third kappa shape index (κ3) is 1.82. The monoisotopic (exact) mass is 239 g/mol. The molecule has 0 saturated heterocycles. The molecule has 3 rings (SSSR count). The summed E-state index contributed by atoms with van der Waals surface area (Å²) in [4.78, 5) is 10.6. The summed E-state index contributed by atoms with van der Waals surface area (Å²) in [5, 5.41) is 0. The van der Waals surface area contributed by atoms with E-state index < -0.39 is 0 Å². The van der Waals surface area contributed by atoms with Gasteiger partial charge in [-0.2, -0.15) is 4.98 Å². The van der Waals surface area contributed by atoms with Gasteiger partial charge in [-0.15, -0.1) is 0 Å². The molecule has 1 aromatic carbocycles. The standard InChI is InChI=1S/C14H13N3O/c1-17(2)11-6-3-5-10(9-11)14-16-13-12(18-14)7-4-8-15-13/h3-9H,1-2H3. The lowest BCUT2D eigenvalue weighted by molar-refractivity contribution is 0.619. The number of fused-ring (bicyclic) bond motifs is 1. The first-order valence-electron chi connectivity index (χ1n) is 5.73. The van der Waals surface area contributed by atoms with Crippen LogP contribution in [0.1, 0.15) is 0 Å². The van der Waals surface area contributed by atoms with E-state index in [4.69, 9.17) is 4.42 Å². The molecule has 0 saturated carbocycles. The van der Waals surface area contributed by atoms with Crippen LogP contribution in [0.5, 0.6) is 0 Å². The minimum Gasteiger partial charge on any atom is -0.434 e. The van der Waals surface area contributed by atoms with E-state index >= 15 is 0 Å². The van der Waals surface area contributed by atoms with Crippen LogP contribution in [0, 0.1) is 0 Å². The van der Waals surface area contributed by atoms with Crippen LogP contribution in [0.15, 0.2) is 47.0 Å². The van der Waals surface area contributed by atoms with Crippen molar-refractivity contribution < 1.29 is 4.42 Å². The zero-order valence-corrected chi connectivity index (χ0v) is 10.3. The molecular formula is C14H13N3O. The molecule has 18 heavy (non-hydrogen) atoms. The third-order valence-electron chi connectivity index (χ3n) is 2.77. The average molecular weight is 239 g/mol. The zero-order chi connectivity index (χ0) is 12.5. The van der Waals surface area contributed by atoms with Gasteiger partial charge in [0.2, 0.25) is 5.89 Å². The van der Waals surface area contributed by atoms with Crippen LogP contribution in [0.2, 0.25) is 0 Å². The average Bonchev–Trinajstić information content (AvgIpc) is 2.82. The second-order valence-corrected chi connectivity index (χ2v) is 4.29. The predicted octanol–water partition coefficient (Wildman–Crippen LogP) is 2.96. The highest BCUT2D eigenvalue weighted by molar-refractivity contribution is 5.73. The predicted molar refractivity (Wildman–Crippen MR) is 71.6 cm³/mol. The van der Waals surface area contributed by atoms with E-state index in [1.165, 1.54) is 0 Å². The third-order valence-corrected chi connectivity index (χ3v) is 2.77. The molecule has 90 valence electrons. The van der Waals surface area contributed by atoms with Crippen molar-refractivity contribution >= 4 is 16.9 Å². The van der Waals surface area contributed by atoms with Crippen LogP contribution in [0.25, 0.3) is 22.7 Å². The molecule has 0 radical (unpaired) electrons. The van der Waals surface area contributed by atoms with E-state index in [0.29, 0.717) is 17.1 Å². The normalized spacial score (nSPS) is 10.8. The number of benzene rings is 1. The lowest BCUT2D eigenvalue weighted by Crippen LogP contribution is -2.08. The van der Waals surface area contributed by atoms with E-state index in [1.54, 1.807) is 6.20 Å². The Labute approximate surface area is 105 Å². The number of pyridine rings is 1. The quantitative estimate of drug-likeness (QED) is 0.689. The minimum absolute atomic E-state index is 0.604. The largest absolute Gasteiger partial charge is 0.434 e. The number of hydrogen-bond acceptors (Lipinski definition) is 4. The Morgan fingerprint density at radius 2 is 2.00 bits per heavy atom. The Hall–Kier alpha value is -2.36. The van der Waals surface area contributed by atoms with Gasteiger partial charge in [-0.05, 0) is 30.3 Å².